The highest BCUT2D eigenvalue weighted by atomic mass is 16.5. The zero-order chi connectivity index (χ0) is 11.0. The summed E-state index contributed by atoms with van der Waals surface area (Å²) in [4.78, 5) is 4.20. The molecule has 2 N–H and O–H groups in total. The first-order valence-corrected chi connectivity index (χ1v) is 4.46. The number of hydrogen-bond donors (Lipinski definition) is 1. The van der Waals surface area contributed by atoms with E-state index in [-0.39, 0.29) is 0 Å². The van der Waals surface area contributed by atoms with Crippen molar-refractivity contribution in [3.05, 3.63) is 11.7 Å². The maximum atomic E-state index is 5.82. The van der Waals surface area contributed by atoms with E-state index in [1.807, 2.05) is 27.7 Å². The summed E-state index contributed by atoms with van der Waals surface area (Å²) in [6, 6.07) is 0. The predicted molar refractivity (Wildman–Crippen MR) is 51.5 cm³/mol. The van der Waals surface area contributed by atoms with Crippen molar-refractivity contribution in [2.75, 3.05) is 7.11 Å². The van der Waals surface area contributed by atoms with Gasteiger partial charge in [0.05, 0.1) is 5.54 Å². The molecule has 1 aromatic rings. The lowest BCUT2D eigenvalue weighted by molar-refractivity contribution is 0.00973. The van der Waals surface area contributed by atoms with E-state index in [1.165, 1.54) is 0 Å². The van der Waals surface area contributed by atoms with Gasteiger partial charge in [0, 0.05) is 7.11 Å². The van der Waals surface area contributed by atoms with E-state index in [9.17, 15) is 0 Å². The Morgan fingerprint density at radius 3 is 2.21 bits per heavy atom. The fourth-order valence-electron chi connectivity index (χ4n) is 0.821. The second-order valence-electron chi connectivity index (χ2n) is 4.36. The van der Waals surface area contributed by atoms with Crippen LogP contribution in [0, 0.1) is 0 Å². The predicted octanol–water partition coefficient (Wildman–Crippen LogP) is 1.14. The largest absolute Gasteiger partial charge is 0.371 e. The molecule has 0 aliphatic rings. The maximum Gasteiger partial charge on any atom is 0.246 e. The lowest BCUT2D eigenvalue weighted by Crippen LogP contribution is -2.29. The van der Waals surface area contributed by atoms with Crippen LogP contribution in [-0.2, 0) is 15.9 Å². The van der Waals surface area contributed by atoms with E-state index in [0.29, 0.717) is 11.7 Å². The summed E-state index contributed by atoms with van der Waals surface area (Å²) in [5, 5.41) is 3.83. The number of rotatable bonds is 3. The molecule has 0 bridgehead atoms. The van der Waals surface area contributed by atoms with Gasteiger partial charge in [0.25, 0.3) is 0 Å². The highest BCUT2D eigenvalue weighted by Crippen LogP contribution is 2.23. The smallest absolute Gasteiger partial charge is 0.246 e. The van der Waals surface area contributed by atoms with E-state index < -0.39 is 11.1 Å². The molecule has 1 rings (SSSR count). The Morgan fingerprint density at radius 1 is 1.29 bits per heavy atom. The molecule has 0 saturated heterocycles. The Labute approximate surface area is 83.6 Å². The zero-order valence-electron chi connectivity index (χ0n) is 9.29. The summed E-state index contributed by atoms with van der Waals surface area (Å²) in [5.74, 6) is 0.922. The van der Waals surface area contributed by atoms with Crippen LogP contribution in [0.15, 0.2) is 4.52 Å². The second-order valence-corrected chi connectivity index (χ2v) is 4.36. The first kappa shape index (κ1) is 11.1. The Bertz CT molecular complexity index is 312. The Balaban J connectivity index is 3.00. The molecule has 1 aromatic heterocycles. The van der Waals surface area contributed by atoms with Crippen LogP contribution in [0.2, 0.25) is 0 Å². The highest BCUT2D eigenvalue weighted by molar-refractivity contribution is 5.02. The molecule has 5 nitrogen and oxygen atoms in total. The van der Waals surface area contributed by atoms with Gasteiger partial charge in [0.1, 0.15) is 5.60 Å². The SMILES string of the molecule is COC(C)(C)c1noc(C(C)(C)N)n1. The molecule has 5 heteroatoms. The fourth-order valence-corrected chi connectivity index (χ4v) is 0.821. The van der Waals surface area contributed by atoms with Crippen LogP contribution in [0.5, 0.6) is 0 Å². The van der Waals surface area contributed by atoms with Crippen molar-refractivity contribution in [2.45, 2.75) is 38.8 Å². The third-order valence-electron chi connectivity index (χ3n) is 2.03. The van der Waals surface area contributed by atoms with Crippen molar-refractivity contribution in [3.63, 3.8) is 0 Å². The summed E-state index contributed by atoms with van der Waals surface area (Å²) in [6.45, 7) is 7.35. The van der Waals surface area contributed by atoms with Gasteiger partial charge in [-0.25, -0.2) is 0 Å². The second kappa shape index (κ2) is 3.33. The standard InChI is InChI=1S/C9H17N3O2/c1-8(2,10)7-11-6(12-14-7)9(3,4)13-5/h10H2,1-5H3. The Kier molecular flexibility index (Phi) is 2.65. The van der Waals surface area contributed by atoms with Crippen LogP contribution in [0.25, 0.3) is 0 Å². The van der Waals surface area contributed by atoms with Crippen molar-refractivity contribution in [1.82, 2.24) is 10.1 Å². The molecule has 0 aliphatic carbocycles. The highest BCUT2D eigenvalue weighted by Gasteiger charge is 2.29. The van der Waals surface area contributed by atoms with Gasteiger partial charge in [-0.2, -0.15) is 4.98 Å². The van der Waals surface area contributed by atoms with Crippen LogP contribution in [-0.4, -0.2) is 17.3 Å². The van der Waals surface area contributed by atoms with Crippen LogP contribution < -0.4 is 5.73 Å². The number of methoxy groups -OCH3 is 1. The molecular weight excluding hydrogens is 182 g/mol. The molecule has 80 valence electrons. The van der Waals surface area contributed by atoms with Gasteiger partial charge in [-0.15, -0.1) is 0 Å². The molecule has 0 fully saturated rings. The fraction of sp³-hybridized carbons (Fsp3) is 0.778. The average Bonchev–Trinajstić information content (AvgIpc) is 2.51. The average molecular weight is 199 g/mol. The first-order valence-electron chi connectivity index (χ1n) is 4.46. The van der Waals surface area contributed by atoms with Crippen LogP contribution in [0.3, 0.4) is 0 Å². The molecule has 0 aliphatic heterocycles. The molecule has 0 saturated carbocycles. The minimum Gasteiger partial charge on any atom is -0.371 e. The van der Waals surface area contributed by atoms with Crippen molar-refractivity contribution in [2.24, 2.45) is 5.73 Å². The van der Waals surface area contributed by atoms with Crippen LogP contribution in [0.4, 0.5) is 0 Å². The van der Waals surface area contributed by atoms with E-state index in [1.54, 1.807) is 7.11 Å². The van der Waals surface area contributed by atoms with E-state index in [2.05, 4.69) is 10.1 Å². The minimum absolute atomic E-state index is 0.414. The lowest BCUT2D eigenvalue weighted by Gasteiger charge is -2.17. The molecule has 0 amide bonds. The molecule has 0 atom stereocenters. The molecule has 0 unspecified atom stereocenters. The third kappa shape index (κ3) is 2.10. The Hall–Kier alpha value is -0.940. The normalized spacial score (nSPS) is 13.3. The van der Waals surface area contributed by atoms with Crippen molar-refractivity contribution in [1.29, 1.82) is 0 Å². The zero-order valence-corrected chi connectivity index (χ0v) is 9.29. The molecule has 0 radical (unpaired) electrons. The lowest BCUT2D eigenvalue weighted by atomic mass is 10.1. The molecular formula is C9H17N3O2. The van der Waals surface area contributed by atoms with Gasteiger partial charge in [-0.1, -0.05) is 5.16 Å². The maximum absolute atomic E-state index is 5.82. The summed E-state index contributed by atoms with van der Waals surface area (Å²) >= 11 is 0. The molecule has 0 spiro atoms. The number of nitrogens with zero attached hydrogens (tertiary/aromatic N) is 2. The van der Waals surface area contributed by atoms with E-state index in [0.717, 1.165) is 0 Å². The molecule has 0 aromatic carbocycles. The summed E-state index contributed by atoms with van der Waals surface area (Å²) in [7, 11) is 1.60. The molecule has 1 heterocycles. The number of nitrogens with two attached hydrogens (primary N) is 1. The van der Waals surface area contributed by atoms with Gasteiger partial charge in [-0.05, 0) is 27.7 Å². The van der Waals surface area contributed by atoms with Crippen molar-refractivity contribution in [3.8, 4) is 0 Å². The summed E-state index contributed by atoms with van der Waals surface area (Å²) in [6.07, 6.45) is 0. The monoisotopic (exact) mass is 199 g/mol. The van der Waals surface area contributed by atoms with Gasteiger partial charge in [-0.3, -0.25) is 0 Å². The summed E-state index contributed by atoms with van der Waals surface area (Å²) < 4.78 is 10.3. The van der Waals surface area contributed by atoms with Crippen LogP contribution >= 0.6 is 0 Å². The van der Waals surface area contributed by atoms with E-state index in [4.69, 9.17) is 15.0 Å². The van der Waals surface area contributed by atoms with Gasteiger partial charge in [0.15, 0.2) is 0 Å². The number of ether oxygens (including phenoxy) is 1. The van der Waals surface area contributed by atoms with Gasteiger partial charge >= 0.3 is 0 Å². The van der Waals surface area contributed by atoms with E-state index >= 15 is 0 Å². The Morgan fingerprint density at radius 2 is 1.86 bits per heavy atom. The number of aromatic nitrogens is 2. The minimum atomic E-state index is -0.616. The molecule has 14 heavy (non-hydrogen) atoms. The quantitative estimate of drug-likeness (QED) is 0.790. The first-order chi connectivity index (χ1) is 6.27. The van der Waals surface area contributed by atoms with Crippen molar-refractivity contribution < 1.29 is 9.26 Å². The number of hydrogen-bond acceptors (Lipinski definition) is 5. The third-order valence-corrected chi connectivity index (χ3v) is 2.03. The van der Waals surface area contributed by atoms with Gasteiger partial charge < -0.3 is 15.0 Å². The topological polar surface area (TPSA) is 74.2 Å². The van der Waals surface area contributed by atoms with Gasteiger partial charge in [0.2, 0.25) is 11.7 Å². The van der Waals surface area contributed by atoms with Crippen molar-refractivity contribution >= 4 is 0 Å². The van der Waals surface area contributed by atoms with Crippen LogP contribution in [0.1, 0.15) is 39.4 Å². The summed E-state index contributed by atoms with van der Waals surface area (Å²) in [5.41, 5.74) is 4.65.